The number of thiophene rings is 1. The first kappa shape index (κ1) is 27.0. The Hall–Kier alpha value is -4.63. The van der Waals surface area contributed by atoms with Crippen molar-refractivity contribution in [1.82, 2.24) is 9.97 Å². The number of benzene rings is 2. The Balaban J connectivity index is 1.33. The molecule has 2 aromatic carbocycles. The molecule has 1 saturated heterocycles. The summed E-state index contributed by atoms with van der Waals surface area (Å²) in [4.78, 5) is 21.7. The first-order valence-corrected chi connectivity index (χ1v) is 13.4. The van der Waals surface area contributed by atoms with Gasteiger partial charge in [0.05, 0.1) is 28.5 Å². The van der Waals surface area contributed by atoms with Crippen LogP contribution in [0.4, 0.5) is 26.1 Å². The standard InChI is InChI=1S/C28H24F2N6O3S/c1-16-12-18(4-3-8-31)13-17(2)25(16)39-26-21-7-11-40-27(21)34-28(33-26)32-19-5-9-35(10-6-19)24-22(29)14-20(36(37)38)15-23(24)30/h3-4,7,11-15,19H,5-6,9-10H2,1-2H3,(H,32,33,34)/b4-3+. The number of nitro groups is 1. The van der Waals surface area contributed by atoms with Gasteiger partial charge in [-0.1, -0.05) is 0 Å². The van der Waals surface area contributed by atoms with Crippen LogP contribution in [0.2, 0.25) is 0 Å². The predicted molar refractivity (Wildman–Crippen MR) is 150 cm³/mol. The van der Waals surface area contributed by atoms with Crippen molar-refractivity contribution in [1.29, 1.82) is 5.26 Å². The van der Waals surface area contributed by atoms with E-state index in [1.54, 1.807) is 11.0 Å². The Morgan fingerprint density at radius 1 is 1.18 bits per heavy atom. The molecule has 12 heteroatoms. The number of nitriles is 1. The molecule has 1 N–H and O–H groups in total. The molecule has 5 rings (SSSR count). The number of nitro benzene ring substituents is 1. The summed E-state index contributed by atoms with van der Waals surface area (Å²) in [5, 5.41) is 25.7. The molecule has 204 valence electrons. The van der Waals surface area contributed by atoms with Crippen molar-refractivity contribution in [2.24, 2.45) is 0 Å². The van der Waals surface area contributed by atoms with Crippen LogP contribution in [0.25, 0.3) is 16.3 Å². The maximum absolute atomic E-state index is 14.5. The van der Waals surface area contributed by atoms with E-state index in [1.807, 2.05) is 43.5 Å². The summed E-state index contributed by atoms with van der Waals surface area (Å²) in [6.07, 6.45) is 4.26. The number of aryl methyl sites for hydroxylation is 2. The predicted octanol–water partition coefficient (Wildman–Crippen LogP) is 6.90. The van der Waals surface area contributed by atoms with Crippen molar-refractivity contribution >= 4 is 45.0 Å². The Morgan fingerprint density at radius 3 is 2.48 bits per heavy atom. The third-order valence-electron chi connectivity index (χ3n) is 6.68. The van der Waals surface area contributed by atoms with Crippen LogP contribution in [0.3, 0.4) is 0 Å². The van der Waals surface area contributed by atoms with Crippen LogP contribution in [0.5, 0.6) is 11.6 Å². The van der Waals surface area contributed by atoms with Crippen molar-refractivity contribution in [3.63, 3.8) is 0 Å². The summed E-state index contributed by atoms with van der Waals surface area (Å²) in [5.41, 5.74) is 1.82. The highest BCUT2D eigenvalue weighted by molar-refractivity contribution is 7.16. The molecule has 0 aliphatic carbocycles. The zero-order chi connectivity index (χ0) is 28.4. The minimum Gasteiger partial charge on any atom is -0.438 e. The van der Waals surface area contributed by atoms with Crippen LogP contribution >= 0.6 is 11.3 Å². The number of rotatable bonds is 7. The second kappa shape index (κ2) is 11.2. The van der Waals surface area contributed by atoms with Crippen LogP contribution in [-0.4, -0.2) is 34.0 Å². The second-order valence-corrected chi connectivity index (χ2v) is 10.4. The van der Waals surface area contributed by atoms with Crippen molar-refractivity contribution in [2.45, 2.75) is 32.7 Å². The van der Waals surface area contributed by atoms with Crippen molar-refractivity contribution in [3.05, 3.63) is 80.2 Å². The molecule has 2 aromatic heterocycles. The van der Waals surface area contributed by atoms with Crippen molar-refractivity contribution < 1.29 is 18.4 Å². The van der Waals surface area contributed by atoms with E-state index in [0.717, 1.165) is 39.0 Å². The number of hydrogen-bond donors (Lipinski definition) is 1. The van der Waals surface area contributed by atoms with Crippen molar-refractivity contribution in [3.8, 4) is 17.7 Å². The van der Waals surface area contributed by atoms with E-state index in [4.69, 9.17) is 10.00 Å². The van der Waals surface area contributed by atoms with E-state index in [0.29, 0.717) is 43.5 Å². The zero-order valence-electron chi connectivity index (χ0n) is 21.6. The Bertz CT molecular complexity index is 1630. The van der Waals surface area contributed by atoms with E-state index in [1.165, 1.54) is 17.4 Å². The number of nitrogens with one attached hydrogen (secondary N) is 1. The smallest absolute Gasteiger partial charge is 0.275 e. The second-order valence-electron chi connectivity index (χ2n) is 9.46. The van der Waals surface area contributed by atoms with Gasteiger partial charge in [0.2, 0.25) is 11.8 Å². The highest BCUT2D eigenvalue weighted by Gasteiger charge is 2.27. The van der Waals surface area contributed by atoms with Gasteiger partial charge in [-0.25, -0.2) is 13.8 Å². The summed E-state index contributed by atoms with van der Waals surface area (Å²) in [5.74, 6) is -0.434. The third-order valence-corrected chi connectivity index (χ3v) is 7.49. The normalized spacial score (nSPS) is 14.0. The molecule has 1 aliphatic heterocycles. The van der Waals surface area contributed by atoms with Gasteiger partial charge in [-0.3, -0.25) is 10.1 Å². The minimum absolute atomic E-state index is 0.0552. The maximum atomic E-state index is 14.5. The van der Waals surface area contributed by atoms with E-state index in [9.17, 15) is 18.9 Å². The van der Waals surface area contributed by atoms with E-state index in [-0.39, 0.29) is 11.7 Å². The number of piperidine rings is 1. The molecule has 1 aliphatic rings. The average molecular weight is 563 g/mol. The van der Waals surface area contributed by atoms with Gasteiger partial charge in [0.15, 0.2) is 11.6 Å². The number of anilines is 2. The summed E-state index contributed by atoms with van der Waals surface area (Å²) in [6.45, 7) is 4.56. The quantitative estimate of drug-likeness (QED) is 0.147. The number of non-ortho nitro benzene ring substituents is 1. The van der Waals surface area contributed by atoms with Gasteiger partial charge >= 0.3 is 0 Å². The van der Waals surface area contributed by atoms with Gasteiger partial charge in [-0.2, -0.15) is 10.2 Å². The first-order valence-electron chi connectivity index (χ1n) is 12.5. The first-order chi connectivity index (χ1) is 19.2. The maximum Gasteiger partial charge on any atom is 0.275 e. The van der Waals surface area contributed by atoms with Crippen molar-refractivity contribution in [2.75, 3.05) is 23.3 Å². The van der Waals surface area contributed by atoms with Gasteiger partial charge in [-0.05, 0) is 73.0 Å². The SMILES string of the molecule is Cc1cc(/C=C/C#N)cc(C)c1Oc1nc(NC2CCN(c3c(F)cc([N+](=O)[O-])cc3F)CC2)nc2sccc12. The number of aromatic nitrogens is 2. The molecule has 1 fully saturated rings. The molecule has 3 heterocycles. The molecule has 4 aromatic rings. The van der Waals surface area contributed by atoms with Gasteiger partial charge in [-0.15, -0.1) is 11.3 Å². The van der Waals surface area contributed by atoms with Gasteiger partial charge in [0, 0.05) is 25.2 Å². The number of hydrogen-bond acceptors (Lipinski definition) is 9. The highest BCUT2D eigenvalue weighted by Crippen LogP contribution is 2.36. The topological polar surface area (TPSA) is 117 Å². The van der Waals surface area contributed by atoms with Gasteiger partial charge in [0.25, 0.3) is 5.69 Å². The fourth-order valence-corrected chi connectivity index (χ4v) is 5.59. The fourth-order valence-electron chi connectivity index (χ4n) is 4.83. The van der Waals surface area contributed by atoms with Gasteiger partial charge < -0.3 is 15.0 Å². The molecule has 0 atom stereocenters. The third kappa shape index (κ3) is 5.55. The number of allylic oxidation sites excluding steroid dienone is 1. The lowest BCUT2D eigenvalue weighted by Crippen LogP contribution is -2.40. The summed E-state index contributed by atoms with van der Waals surface area (Å²) in [6, 6.07) is 9.20. The number of nitrogens with zero attached hydrogens (tertiary/aromatic N) is 5. The largest absolute Gasteiger partial charge is 0.438 e. The van der Waals surface area contributed by atoms with Crippen LogP contribution < -0.4 is 15.0 Å². The minimum atomic E-state index is -0.953. The molecule has 0 spiro atoms. The average Bonchev–Trinajstić information content (AvgIpc) is 3.39. The molecular formula is C28H24F2N6O3S. The lowest BCUT2D eigenvalue weighted by atomic mass is 10.0. The summed E-state index contributed by atoms with van der Waals surface area (Å²) < 4.78 is 35.4. The van der Waals surface area contributed by atoms with E-state index in [2.05, 4.69) is 15.3 Å². The molecule has 0 unspecified atom stereocenters. The lowest BCUT2D eigenvalue weighted by Gasteiger charge is -2.34. The highest BCUT2D eigenvalue weighted by atomic mass is 32.1. The molecule has 0 saturated carbocycles. The monoisotopic (exact) mass is 562 g/mol. The molecular weight excluding hydrogens is 538 g/mol. The lowest BCUT2D eigenvalue weighted by molar-refractivity contribution is -0.385. The Morgan fingerprint density at radius 2 is 1.85 bits per heavy atom. The van der Waals surface area contributed by atoms with E-state index < -0.39 is 22.2 Å². The fraction of sp³-hybridized carbons (Fsp3) is 0.250. The number of ether oxygens (including phenoxy) is 1. The van der Waals surface area contributed by atoms with Crippen LogP contribution in [0, 0.1) is 46.9 Å². The molecule has 40 heavy (non-hydrogen) atoms. The Labute approximate surface area is 232 Å². The summed E-state index contributed by atoms with van der Waals surface area (Å²) in [7, 11) is 0. The molecule has 0 amide bonds. The zero-order valence-corrected chi connectivity index (χ0v) is 22.5. The van der Waals surface area contributed by atoms with E-state index >= 15 is 0 Å². The molecule has 0 radical (unpaired) electrons. The van der Waals surface area contributed by atoms with Crippen LogP contribution in [0.1, 0.15) is 29.5 Å². The number of halogens is 2. The van der Waals surface area contributed by atoms with Crippen LogP contribution in [-0.2, 0) is 0 Å². The molecule has 9 nitrogen and oxygen atoms in total. The summed E-state index contributed by atoms with van der Waals surface area (Å²) >= 11 is 1.46. The van der Waals surface area contributed by atoms with Crippen LogP contribution in [0.15, 0.2) is 41.8 Å². The molecule has 0 bridgehead atoms. The van der Waals surface area contributed by atoms with Gasteiger partial charge in [0.1, 0.15) is 16.3 Å². The number of fused-ring (bicyclic) bond motifs is 1. The Kier molecular flexibility index (Phi) is 7.57.